The standard InChI is InChI=1S/C17H19NO3/c19-17(21-12-14-6-2-1-3-7-14)18-10-5-4-8-16(18)15-9-11-20-13-15/h1-3,6-7,9,11,13,16H,4-5,8,10,12H2/t16-/m1/s1. The number of furan rings is 1. The molecule has 0 unspecified atom stereocenters. The maximum Gasteiger partial charge on any atom is 0.410 e. The second-order valence-electron chi connectivity index (χ2n) is 5.30. The number of nitrogens with zero attached hydrogens (tertiary/aromatic N) is 1. The van der Waals surface area contributed by atoms with E-state index in [1.54, 1.807) is 12.5 Å². The van der Waals surface area contributed by atoms with Crippen LogP contribution < -0.4 is 0 Å². The second kappa shape index (κ2) is 6.48. The number of hydrogen-bond donors (Lipinski definition) is 0. The van der Waals surface area contributed by atoms with Crippen LogP contribution in [0.15, 0.2) is 53.3 Å². The molecule has 0 N–H and O–H groups in total. The van der Waals surface area contributed by atoms with Crippen molar-refractivity contribution in [2.24, 2.45) is 0 Å². The Balaban J connectivity index is 1.64. The van der Waals surface area contributed by atoms with E-state index in [0.29, 0.717) is 6.61 Å². The van der Waals surface area contributed by atoms with E-state index in [-0.39, 0.29) is 12.1 Å². The molecule has 0 aliphatic carbocycles. The van der Waals surface area contributed by atoms with Crippen molar-refractivity contribution < 1.29 is 13.9 Å². The van der Waals surface area contributed by atoms with Crippen LogP contribution in [0.2, 0.25) is 0 Å². The van der Waals surface area contributed by atoms with Gasteiger partial charge in [0.2, 0.25) is 0 Å². The first-order valence-electron chi connectivity index (χ1n) is 7.34. The summed E-state index contributed by atoms with van der Waals surface area (Å²) in [6.07, 6.45) is 6.22. The molecule has 2 heterocycles. The molecule has 0 spiro atoms. The molecule has 21 heavy (non-hydrogen) atoms. The summed E-state index contributed by atoms with van der Waals surface area (Å²) in [4.78, 5) is 14.2. The number of likely N-dealkylation sites (tertiary alicyclic amines) is 1. The van der Waals surface area contributed by atoms with Gasteiger partial charge in [0.1, 0.15) is 6.61 Å². The van der Waals surface area contributed by atoms with Gasteiger partial charge in [-0.1, -0.05) is 30.3 Å². The Morgan fingerprint density at radius 3 is 2.86 bits per heavy atom. The number of carbonyl (C=O) groups is 1. The number of benzene rings is 1. The molecule has 1 saturated heterocycles. The fourth-order valence-electron chi connectivity index (χ4n) is 2.76. The number of amides is 1. The third-order valence-electron chi connectivity index (χ3n) is 3.87. The fourth-order valence-corrected chi connectivity index (χ4v) is 2.76. The summed E-state index contributed by atoms with van der Waals surface area (Å²) in [6, 6.07) is 11.7. The van der Waals surface area contributed by atoms with Crippen molar-refractivity contribution in [3.8, 4) is 0 Å². The summed E-state index contributed by atoms with van der Waals surface area (Å²) in [5, 5.41) is 0. The Labute approximate surface area is 124 Å². The molecule has 1 aliphatic rings. The van der Waals surface area contributed by atoms with Gasteiger partial charge in [0.05, 0.1) is 18.6 Å². The summed E-state index contributed by atoms with van der Waals surface area (Å²) >= 11 is 0. The number of rotatable bonds is 3. The number of piperidine rings is 1. The van der Waals surface area contributed by atoms with Crippen molar-refractivity contribution in [3.63, 3.8) is 0 Å². The molecule has 0 bridgehead atoms. The molecular formula is C17H19NO3. The molecule has 4 nitrogen and oxygen atoms in total. The van der Waals surface area contributed by atoms with E-state index < -0.39 is 0 Å². The molecular weight excluding hydrogens is 266 g/mol. The Kier molecular flexibility index (Phi) is 4.24. The molecule has 1 aromatic carbocycles. The Morgan fingerprint density at radius 2 is 2.10 bits per heavy atom. The van der Waals surface area contributed by atoms with Crippen LogP contribution >= 0.6 is 0 Å². The Morgan fingerprint density at radius 1 is 1.24 bits per heavy atom. The first-order valence-corrected chi connectivity index (χ1v) is 7.34. The van der Waals surface area contributed by atoms with Gasteiger partial charge >= 0.3 is 6.09 Å². The topological polar surface area (TPSA) is 42.7 Å². The Bertz CT molecular complexity index is 565. The van der Waals surface area contributed by atoms with Gasteiger partial charge in [0.25, 0.3) is 0 Å². The van der Waals surface area contributed by atoms with Gasteiger partial charge in [0, 0.05) is 12.1 Å². The van der Waals surface area contributed by atoms with Crippen LogP contribution in [0, 0.1) is 0 Å². The zero-order chi connectivity index (χ0) is 14.5. The lowest BCUT2D eigenvalue weighted by Gasteiger charge is -2.34. The highest BCUT2D eigenvalue weighted by atomic mass is 16.6. The molecule has 110 valence electrons. The van der Waals surface area contributed by atoms with Gasteiger partial charge in [-0.05, 0) is 30.9 Å². The van der Waals surface area contributed by atoms with Crippen molar-refractivity contribution in [1.29, 1.82) is 0 Å². The SMILES string of the molecule is O=C(OCc1ccccc1)N1CCCC[C@@H]1c1ccoc1. The lowest BCUT2D eigenvalue weighted by molar-refractivity contribution is 0.0678. The zero-order valence-corrected chi connectivity index (χ0v) is 11.9. The van der Waals surface area contributed by atoms with Gasteiger partial charge in [-0.2, -0.15) is 0 Å². The van der Waals surface area contributed by atoms with E-state index in [4.69, 9.17) is 9.15 Å². The minimum absolute atomic E-state index is 0.0702. The number of ether oxygens (including phenoxy) is 1. The smallest absolute Gasteiger partial charge is 0.410 e. The summed E-state index contributed by atoms with van der Waals surface area (Å²) in [5.41, 5.74) is 2.05. The van der Waals surface area contributed by atoms with Gasteiger partial charge in [-0.3, -0.25) is 0 Å². The summed E-state index contributed by atoms with van der Waals surface area (Å²) < 4.78 is 10.6. The molecule has 4 heteroatoms. The van der Waals surface area contributed by atoms with E-state index in [9.17, 15) is 4.79 Å². The van der Waals surface area contributed by atoms with Crippen LogP contribution in [-0.4, -0.2) is 17.5 Å². The van der Waals surface area contributed by atoms with E-state index in [0.717, 1.165) is 36.9 Å². The Hall–Kier alpha value is -2.23. The third-order valence-corrected chi connectivity index (χ3v) is 3.87. The summed E-state index contributed by atoms with van der Waals surface area (Å²) in [7, 11) is 0. The van der Waals surface area contributed by atoms with E-state index in [2.05, 4.69) is 0 Å². The molecule has 1 fully saturated rings. The van der Waals surface area contributed by atoms with Gasteiger partial charge < -0.3 is 14.1 Å². The molecule has 1 aromatic heterocycles. The number of hydrogen-bond acceptors (Lipinski definition) is 3. The molecule has 0 radical (unpaired) electrons. The third kappa shape index (κ3) is 3.27. The molecule has 1 atom stereocenters. The predicted molar refractivity (Wildman–Crippen MR) is 78.6 cm³/mol. The zero-order valence-electron chi connectivity index (χ0n) is 11.9. The predicted octanol–water partition coefficient (Wildman–Crippen LogP) is 4.14. The largest absolute Gasteiger partial charge is 0.472 e. The van der Waals surface area contributed by atoms with Crippen molar-refractivity contribution in [2.75, 3.05) is 6.54 Å². The normalized spacial score (nSPS) is 18.5. The fraction of sp³-hybridized carbons (Fsp3) is 0.353. The van der Waals surface area contributed by atoms with E-state index in [1.165, 1.54) is 0 Å². The minimum Gasteiger partial charge on any atom is -0.472 e. The first-order chi connectivity index (χ1) is 10.3. The van der Waals surface area contributed by atoms with Crippen molar-refractivity contribution in [1.82, 2.24) is 4.90 Å². The van der Waals surface area contributed by atoms with E-state index >= 15 is 0 Å². The molecule has 1 amide bonds. The van der Waals surface area contributed by atoms with Crippen molar-refractivity contribution in [3.05, 3.63) is 60.1 Å². The van der Waals surface area contributed by atoms with Gasteiger partial charge in [-0.15, -0.1) is 0 Å². The van der Waals surface area contributed by atoms with E-state index in [1.807, 2.05) is 41.3 Å². The van der Waals surface area contributed by atoms with Crippen molar-refractivity contribution >= 4 is 6.09 Å². The van der Waals surface area contributed by atoms with Crippen LogP contribution in [0.25, 0.3) is 0 Å². The van der Waals surface area contributed by atoms with Crippen molar-refractivity contribution in [2.45, 2.75) is 31.9 Å². The molecule has 2 aromatic rings. The monoisotopic (exact) mass is 285 g/mol. The van der Waals surface area contributed by atoms with Crippen LogP contribution in [-0.2, 0) is 11.3 Å². The molecule has 0 saturated carbocycles. The quantitative estimate of drug-likeness (QED) is 0.851. The van der Waals surface area contributed by atoms with Crippen LogP contribution in [0.3, 0.4) is 0 Å². The minimum atomic E-state index is -0.246. The molecule has 1 aliphatic heterocycles. The summed E-state index contributed by atoms with van der Waals surface area (Å²) in [6.45, 7) is 1.05. The first kappa shape index (κ1) is 13.7. The number of carbonyl (C=O) groups excluding carboxylic acids is 1. The molecule has 3 rings (SSSR count). The van der Waals surface area contributed by atoms with Gasteiger partial charge in [-0.25, -0.2) is 4.79 Å². The highest BCUT2D eigenvalue weighted by Crippen LogP contribution is 2.31. The average Bonchev–Trinajstić information content (AvgIpc) is 3.08. The lowest BCUT2D eigenvalue weighted by atomic mass is 9.98. The van der Waals surface area contributed by atoms with Crippen LogP contribution in [0.5, 0.6) is 0 Å². The van der Waals surface area contributed by atoms with Crippen LogP contribution in [0.4, 0.5) is 4.79 Å². The highest BCUT2D eigenvalue weighted by Gasteiger charge is 2.29. The second-order valence-corrected chi connectivity index (χ2v) is 5.30. The lowest BCUT2D eigenvalue weighted by Crippen LogP contribution is -2.38. The average molecular weight is 285 g/mol. The maximum absolute atomic E-state index is 12.4. The van der Waals surface area contributed by atoms with Crippen LogP contribution in [0.1, 0.15) is 36.4 Å². The summed E-state index contributed by atoms with van der Waals surface area (Å²) in [5.74, 6) is 0. The maximum atomic E-state index is 12.4. The van der Waals surface area contributed by atoms with Gasteiger partial charge in [0.15, 0.2) is 0 Å². The highest BCUT2D eigenvalue weighted by molar-refractivity contribution is 5.68.